The van der Waals surface area contributed by atoms with Crippen molar-refractivity contribution in [3.63, 3.8) is 0 Å². The predicted octanol–water partition coefficient (Wildman–Crippen LogP) is 5.00. The van der Waals surface area contributed by atoms with E-state index in [0.29, 0.717) is 13.2 Å². The van der Waals surface area contributed by atoms with Gasteiger partial charge in [-0.15, -0.1) is 0 Å². The number of ether oxygens (including phenoxy) is 1. The van der Waals surface area contributed by atoms with E-state index in [2.05, 4.69) is 33.9 Å². The standard InChI is InChI=1S/C20H33NO3Si/c1-9-23-18(22)13-14-20(5,6)17-12-10-11-16(21-17)15-24-25(7,8)19(2,3)4/h10-14H,9,15H2,1-8H3/b14-13+. The van der Waals surface area contributed by atoms with Gasteiger partial charge in [-0.2, -0.15) is 0 Å². The number of carbonyl (C=O) groups excluding carboxylic acids is 1. The molecule has 0 aliphatic rings. The van der Waals surface area contributed by atoms with Crippen molar-refractivity contribution in [1.82, 2.24) is 4.98 Å². The molecular weight excluding hydrogens is 330 g/mol. The van der Waals surface area contributed by atoms with Crippen molar-refractivity contribution in [1.29, 1.82) is 0 Å². The summed E-state index contributed by atoms with van der Waals surface area (Å²) >= 11 is 0. The fourth-order valence-electron chi connectivity index (χ4n) is 1.94. The number of aromatic nitrogens is 1. The largest absolute Gasteiger partial charge is 0.463 e. The molecule has 0 atom stereocenters. The number of hydrogen-bond acceptors (Lipinski definition) is 4. The van der Waals surface area contributed by atoms with Crippen LogP contribution in [0.1, 0.15) is 52.9 Å². The zero-order valence-electron chi connectivity index (χ0n) is 17.0. The summed E-state index contributed by atoms with van der Waals surface area (Å²) in [7, 11) is -1.81. The molecule has 140 valence electrons. The summed E-state index contributed by atoms with van der Waals surface area (Å²) in [6.07, 6.45) is 3.32. The minimum absolute atomic E-state index is 0.173. The lowest BCUT2D eigenvalue weighted by Gasteiger charge is -2.36. The molecule has 1 aromatic heterocycles. The minimum atomic E-state index is -1.81. The molecule has 0 radical (unpaired) electrons. The van der Waals surface area contributed by atoms with Gasteiger partial charge in [0.2, 0.25) is 0 Å². The highest BCUT2D eigenvalue weighted by Gasteiger charge is 2.37. The second-order valence-electron chi connectivity index (χ2n) is 8.37. The van der Waals surface area contributed by atoms with Crippen molar-refractivity contribution < 1.29 is 14.0 Å². The van der Waals surface area contributed by atoms with E-state index in [1.807, 2.05) is 38.1 Å². The molecule has 0 amide bonds. The Labute approximate surface area is 153 Å². The topological polar surface area (TPSA) is 48.4 Å². The maximum Gasteiger partial charge on any atom is 0.330 e. The molecule has 0 aliphatic carbocycles. The van der Waals surface area contributed by atoms with E-state index in [1.54, 1.807) is 6.92 Å². The van der Waals surface area contributed by atoms with Gasteiger partial charge in [0.25, 0.3) is 0 Å². The Morgan fingerprint density at radius 2 is 1.84 bits per heavy atom. The quantitative estimate of drug-likeness (QED) is 0.388. The SMILES string of the molecule is CCOC(=O)/C=C/C(C)(C)c1cccc(CO[Si](C)(C)C(C)(C)C)n1. The molecule has 0 saturated carbocycles. The van der Waals surface area contributed by atoms with Crippen LogP contribution in [0.25, 0.3) is 0 Å². The molecule has 1 aromatic rings. The van der Waals surface area contributed by atoms with Gasteiger partial charge in [0.1, 0.15) is 0 Å². The van der Waals surface area contributed by atoms with Crippen LogP contribution in [-0.4, -0.2) is 25.9 Å². The third kappa shape index (κ3) is 6.40. The highest BCUT2D eigenvalue weighted by atomic mass is 28.4. The predicted molar refractivity (Wildman–Crippen MR) is 105 cm³/mol. The van der Waals surface area contributed by atoms with E-state index < -0.39 is 8.32 Å². The normalized spacial score (nSPS) is 13.3. The Bertz CT molecular complexity index is 616. The Morgan fingerprint density at radius 1 is 1.20 bits per heavy atom. The summed E-state index contributed by atoms with van der Waals surface area (Å²) < 4.78 is 11.2. The molecule has 0 N–H and O–H groups in total. The Balaban J connectivity index is 2.88. The molecule has 0 unspecified atom stereocenters. The molecule has 0 aliphatic heterocycles. The first kappa shape index (κ1) is 21.6. The van der Waals surface area contributed by atoms with Crippen LogP contribution in [0.4, 0.5) is 0 Å². The summed E-state index contributed by atoms with van der Waals surface area (Å²) in [5, 5.41) is 0.173. The zero-order valence-corrected chi connectivity index (χ0v) is 18.0. The second-order valence-corrected chi connectivity index (χ2v) is 13.2. The molecule has 0 aromatic carbocycles. The summed E-state index contributed by atoms with van der Waals surface area (Å²) in [6, 6.07) is 5.96. The van der Waals surface area contributed by atoms with Crippen LogP contribution < -0.4 is 0 Å². The van der Waals surface area contributed by atoms with Crippen molar-refractivity contribution in [3.05, 3.63) is 41.7 Å². The Hall–Kier alpha value is -1.46. The molecule has 0 fully saturated rings. The van der Waals surface area contributed by atoms with Crippen LogP contribution >= 0.6 is 0 Å². The van der Waals surface area contributed by atoms with Crippen LogP contribution in [0, 0.1) is 0 Å². The van der Waals surface area contributed by atoms with Crippen molar-refractivity contribution in [3.8, 4) is 0 Å². The van der Waals surface area contributed by atoms with Crippen LogP contribution in [0.15, 0.2) is 30.4 Å². The fraction of sp³-hybridized carbons (Fsp3) is 0.600. The third-order valence-corrected chi connectivity index (χ3v) is 9.26. The molecule has 0 bridgehead atoms. The van der Waals surface area contributed by atoms with Crippen molar-refractivity contribution in [2.75, 3.05) is 6.61 Å². The number of carbonyl (C=O) groups is 1. The average Bonchev–Trinajstić information content (AvgIpc) is 2.51. The number of hydrogen-bond donors (Lipinski definition) is 0. The first-order chi connectivity index (χ1) is 11.4. The van der Waals surface area contributed by atoms with Crippen LogP contribution in [-0.2, 0) is 26.0 Å². The van der Waals surface area contributed by atoms with Gasteiger partial charge in [-0.25, -0.2) is 4.79 Å². The molecule has 1 rings (SSSR count). The Kier molecular flexibility index (Phi) is 7.14. The molecule has 5 heteroatoms. The van der Waals surface area contributed by atoms with Gasteiger partial charge in [0, 0.05) is 11.5 Å². The van der Waals surface area contributed by atoms with E-state index >= 15 is 0 Å². The van der Waals surface area contributed by atoms with E-state index in [-0.39, 0.29) is 16.4 Å². The summed E-state index contributed by atoms with van der Waals surface area (Å²) in [5.74, 6) is -0.326. The fourth-order valence-corrected chi connectivity index (χ4v) is 2.88. The molecule has 1 heterocycles. The molecular formula is C20H33NO3Si. The van der Waals surface area contributed by atoms with Gasteiger partial charge in [-0.05, 0) is 37.2 Å². The van der Waals surface area contributed by atoms with Gasteiger partial charge in [0.05, 0.1) is 24.6 Å². The molecule has 4 nitrogen and oxygen atoms in total. The Morgan fingerprint density at radius 3 is 2.40 bits per heavy atom. The maximum atomic E-state index is 11.5. The number of esters is 1. The highest BCUT2D eigenvalue weighted by Crippen LogP contribution is 2.37. The molecule has 0 spiro atoms. The number of nitrogens with zero attached hydrogens (tertiary/aromatic N) is 1. The summed E-state index contributed by atoms with van der Waals surface area (Å²) in [4.78, 5) is 16.3. The van der Waals surface area contributed by atoms with Crippen LogP contribution in [0.5, 0.6) is 0 Å². The smallest absolute Gasteiger partial charge is 0.330 e. The van der Waals surface area contributed by atoms with Gasteiger partial charge in [-0.1, -0.05) is 46.8 Å². The molecule has 0 saturated heterocycles. The van der Waals surface area contributed by atoms with E-state index in [9.17, 15) is 4.79 Å². The third-order valence-electron chi connectivity index (χ3n) is 4.78. The van der Waals surface area contributed by atoms with Gasteiger partial charge >= 0.3 is 5.97 Å². The zero-order chi connectivity index (χ0) is 19.3. The monoisotopic (exact) mass is 363 g/mol. The maximum absolute atomic E-state index is 11.5. The minimum Gasteiger partial charge on any atom is -0.463 e. The average molecular weight is 364 g/mol. The van der Waals surface area contributed by atoms with E-state index in [4.69, 9.17) is 14.1 Å². The highest BCUT2D eigenvalue weighted by molar-refractivity contribution is 6.74. The first-order valence-electron chi connectivity index (χ1n) is 8.85. The first-order valence-corrected chi connectivity index (χ1v) is 11.8. The second kappa shape index (κ2) is 8.28. The van der Waals surface area contributed by atoms with E-state index in [1.165, 1.54) is 6.08 Å². The summed E-state index contributed by atoms with van der Waals surface area (Å²) in [6.45, 7) is 17.9. The molecule has 25 heavy (non-hydrogen) atoms. The van der Waals surface area contributed by atoms with Crippen LogP contribution in [0.3, 0.4) is 0 Å². The van der Waals surface area contributed by atoms with Crippen molar-refractivity contribution in [2.24, 2.45) is 0 Å². The lowest BCUT2D eigenvalue weighted by atomic mass is 9.88. The van der Waals surface area contributed by atoms with E-state index in [0.717, 1.165) is 11.4 Å². The van der Waals surface area contributed by atoms with Gasteiger partial charge in [0.15, 0.2) is 8.32 Å². The van der Waals surface area contributed by atoms with Gasteiger partial charge < -0.3 is 9.16 Å². The summed E-state index contributed by atoms with van der Waals surface area (Å²) in [5.41, 5.74) is 1.46. The van der Waals surface area contributed by atoms with Crippen LogP contribution in [0.2, 0.25) is 18.1 Å². The van der Waals surface area contributed by atoms with Crippen molar-refractivity contribution >= 4 is 14.3 Å². The van der Waals surface area contributed by atoms with Gasteiger partial charge in [-0.3, -0.25) is 4.98 Å². The lowest BCUT2D eigenvalue weighted by molar-refractivity contribution is -0.137. The number of rotatable bonds is 7. The number of pyridine rings is 1. The lowest BCUT2D eigenvalue weighted by Crippen LogP contribution is -2.40. The number of allylic oxidation sites excluding steroid dienone is 1. The van der Waals surface area contributed by atoms with Crippen molar-refractivity contribution in [2.45, 2.75) is 71.7 Å².